The number of hydrogen-bond donors (Lipinski definition) is 4. The summed E-state index contributed by atoms with van der Waals surface area (Å²) >= 11 is 0. The Morgan fingerprint density at radius 2 is 1.75 bits per heavy atom. The Bertz CT molecular complexity index is 156. The summed E-state index contributed by atoms with van der Waals surface area (Å²) in [5.74, 6) is 0. The zero-order chi connectivity index (χ0) is 9.30. The zero-order valence-electron chi connectivity index (χ0n) is 7.05. The summed E-state index contributed by atoms with van der Waals surface area (Å²) in [5.41, 5.74) is 11.2. The quantitative estimate of drug-likeness (QED) is 0.362. The van der Waals surface area contributed by atoms with Gasteiger partial charge in [-0.15, -0.1) is 0 Å². The molecule has 0 spiro atoms. The van der Waals surface area contributed by atoms with Gasteiger partial charge in [0.15, 0.2) is 0 Å². The zero-order valence-corrected chi connectivity index (χ0v) is 7.05. The van der Waals surface area contributed by atoms with Crippen molar-refractivity contribution in [2.45, 2.75) is 36.8 Å². The molecule has 1 saturated carbocycles. The molecule has 1 aliphatic rings. The van der Waals surface area contributed by atoms with Crippen molar-refractivity contribution < 1.29 is 14.9 Å². The smallest absolute Gasteiger partial charge is 0.109 e. The molecule has 0 aromatic heterocycles. The molecular weight excluding hydrogens is 160 g/mol. The van der Waals surface area contributed by atoms with E-state index in [2.05, 4.69) is 0 Å². The predicted octanol–water partition coefficient (Wildman–Crippen LogP) is -2.22. The van der Waals surface area contributed by atoms with Crippen LogP contribution in [-0.2, 0) is 4.74 Å². The van der Waals surface area contributed by atoms with Crippen molar-refractivity contribution in [2.75, 3.05) is 7.11 Å². The lowest BCUT2D eigenvalue weighted by molar-refractivity contribution is -0.114. The molecule has 12 heavy (non-hydrogen) atoms. The van der Waals surface area contributed by atoms with Crippen LogP contribution in [0.2, 0.25) is 0 Å². The summed E-state index contributed by atoms with van der Waals surface area (Å²) in [6.45, 7) is 0. The molecule has 0 bridgehead atoms. The summed E-state index contributed by atoms with van der Waals surface area (Å²) in [6, 6.07) is -0.759. The van der Waals surface area contributed by atoms with Gasteiger partial charge in [-0.25, -0.2) is 0 Å². The van der Waals surface area contributed by atoms with Gasteiger partial charge < -0.3 is 26.4 Å². The van der Waals surface area contributed by atoms with Crippen molar-refractivity contribution in [3.05, 3.63) is 0 Å². The Labute approximate surface area is 71.3 Å². The standard InChI is InChI=1S/C7H16N2O3/c1-12-7-4(9)2-3(8)5(10)6(7)11/h3-7,10-11H,2,8-9H2,1H3/t3-,4?,5?,6-,7+/m1/s1. The first-order valence-corrected chi connectivity index (χ1v) is 3.98. The maximum Gasteiger partial charge on any atom is 0.109 e. The van der Waals surface area contributed by atoms with E-state index in [4.69, 9.17) is 16.2 Å². The molecule has 0 aromatic carbocycles. The summed E-state index contributed by atoms with van der Waals surface area (Å²) in [6.07, 6.45) is -1.96. The minimum atomic E-state index is -0.978. The largest absolute Gasteiger partial charge is 0.389 e. The second-order valence-corrected chi connectivity index (χ2v) is 3.24. The maximum absolute atomic E-state index is 9.44. The van der Waals surface area contributed by atoms with Crippen LogP contribution >= 0.6 is 0 Å². The van der Waals surface area contributed by atoms with Crippen LogP contribution in [0.3, 0.4) is 0 Å². The van der Waals surface area contributed by atoms with Gasteiger partial charge in [-0.3, -0.25) is 0 Å². The minimum absolute atomic E-state index is 0.302. The average molecular weight is 176 g/mol. The monoisotopic (exact) mass is 176 g/mol. The number of methoxy groups -OCH3 is 1. The first kappa shape index (κ1) is 9.88. The SMILES string of the molecule is CO[C@H]1C(N)C[C@@H](N)C(O)[C@H]1O. The van der Waals surface area contributed by atoms with Crippen LogP contribution in [0.5, 0.6) is 0 Å². The van der Waals surface area contributed by atoms with Crippen molar-refractivity contribution in [1.82, 2.24) is 0 Å². The summed E-state index contributed by atoms with van der Waals surface area (Å²) in [7, 11) is 1.46. The molecule has 5 atom stereocenters. The second kappa shape index (κ2) is 3.68. The van der Waals surface area contributed by atoms with Crippen molar-refractivity contribution in [1.29, 1.82) is 0 Å². The van der Waals surface area contributed by atoms with E-state index in [1.165, 1.54) is 7.11 Å². The van der Waals surface area contributed by atoms with Gasteiger partial charge in [-0.1, -0.05) is 0 Å². The van der Waals surface area contributed by atoms with Gasteiger partial charge in [0, 0.05) is 19.2 Å². The van der Waals surface area contributed by atoms with Gasteiger partial charge in [0.25, 0.3) is 0 Å². The van der Waals surface area contributed by atoms with Crippen molar-refractivity contribution >= 4 is 0 Å². The van der Waals surface area contributed by atoms with E-state index in [9.17, 15) is 10.2 Å². The Morgan fingerprint density at radius 1 is 1.17 bits per heavy atom. The molecule has 0 amide bonds. The van der Waals surface area contributed by atoms with E-state index in [1.54, 1.807) is 0 Å². The number of nitrogens with two attached hydrogens (primary N) is 2. The third kappa shape index (κ3) is 1.60. The Kier molecular flexibility index (Phi) is 3.03. The molecule has 0 heterocycles. The fourth-order valence-corrected chi connectivity index (χ4v) is 1.60. The highest BCUT2D eigenvalue weighted by Crippen LogP contribution is 2.19. The highest BCUT2D eigenvalue weighted by molar-refractivity contribution is 4.97. The summed E-state index contributed by atoms with van der Waals surface area (Å²) in [4.78, 5) is 0. The minimum Gasteiger partial charge on any atom is -0.389 e. The first-order chi connectivity index (χ1) is 5.57. The van der Waals surface area contributed by atoms with Gasteiger partial charge in [0.1, 0.15) is 12.2 Å². The number of ether oxygens (including phenoxy) is 1. The van der Waals surface area contributed by atoms with E-state index in [-0.39, 0.29) is 6.04 Å². The number of rotatable bonds is 1. The summed E-state index contributed by atoms with van der Waals surface area (Å²) in [5, 5.41) is 18.8. The van der Waals surface area contributed by atoms with Gasteiger partial charge >= 0.3 is 0 Å². The lowest BCUT2D eigenvalue weighted by Crippen LogP contribution is -2.61. The fourth-order valence-electron chi connectivity index (χ4n) is 1.60. The molecule has 1 fully saturated rings. The van der Waals surface area contributed by atoms with Crippen LogP contribution < -0.4 is 11.5 Å². The molecular formula is C7H16N2O3. The summed E-state index contributed by atoms with van der Waals surface area (Å²) < 4.78 is 4.94. The van der Waals surface area contributed by atoms with E-state index < -0.39 is 24.4 Å². The van der Waals surface area contributed by atoms with Crippen LogP contribution in [-0.4, -0.2) is 47.7 Å². The van der Waals surface area contributed by atoms with E-state index >= 15 is 0 Å². The normalized spacial score (nSPS) is 49.2. The van der Waals surface area contributed by atoms with Crippen LogP contribution in [0.25, 0.3) is 0 Å². The Morgan fingerprint density at radius 3 is 2.25 bits per heavy atom. The van der Waals surface area contributed by atoms with Crippen molar-refractivity contribution in [2.24, 2.45) is 11.5 Å². The molecule has 0 aliphatic heterocycles. The Balaban J connectivity index is 2.65. The van der Waals surface area contributed by atoms with E-state index in [1.807, 2.05) is 0 Å². The van der Waals surface area contributed by atoms with Gasteiger partial charge in [-0.2, -0.15) is 0 Å². The maximum atomic E-state index is 9.44. The van der Waals surface area contributed by atoms with E-state index in [0.717, 1.165) is 0 Å². The number of hydrogen-bond acceptors (Lipinski definition) is 5. The van der Waals surface area contributed by atoms with E-state index in [0.29, 0.717) is 6.42 Å². The lowest BCUT2D eigenvalue weighted by Gasteiger charge is -2.38. The Hall–Kier alpha value is -0.200. The van der Waals surface area contributed by atoms with Crippen LogP contribution in [0.4, 0.5) is 0 Å². The number of aliphatic hydroxyl groups is 2. The first-order valence-electron chi connectivity index (χ1n) is 3.98. The fraction of sp³-hybridized carbons (Fsp3) is 1.00. The highest BCUT2D eigenvalue weighted by atomic mass is 16.5. The second-order valence-electron chi connectivity index (χ2n) is 3.24. The molecule has 6 N–H and O–H groups in total. The van der Waals surface area contributed by atoms with Crippen LogP contribution in [0.1, 0.15) is 6.42 Å². The van der Waals surface area contributed by atoms with Gasteiger partial charge in [0.2, 0.25) is 0 Å². The van der Waals surface area contributed by atoms with Crippen LogP contribution in [0.15, 0.2) is 0 Å². The third-order valence-corrected chi connectivity index (χ3v) is 2.36. The molecule has 0 saturated heterocycles. The molecule has 1 aliphatic carbocycles. The topological polar surface area (TPSA) is 102 Å². The molecule has 2 unspecified atom stereocenters. The molecule has 5 nitrogen and oxygen atoms in total. The molecule has 0 radical (unpaired) electrons. The van der Waals surface area contributed by atoms with Gasteiger partial charge in [-0.05, 0) is 6.42 Å². The molecule has 0 aromatic rings. The molecule has 1 rings (SSSR count). The predicted molar refractivity (Wildman–Crippen MR) is 43.4 cm³/mol. The number of aliphatic hydroxyl groups excluding tert-OH is 2. The van der Waals surface area contributed by atoms with Crippen molar-refractivity contribution in [3.63, 3.8) is 0 Å². The lowest BCUT2D eigenvalue weighted by atomic mass is 9.85. The van der Waals surface area contributed by atoms with Crippen molar-refractivity contribution in [3.8, 4) is 0 Å². The van der Waals surface area contributed by atoms with Gasteiger partial charge in [0.05, 0.1) is 6.10 Å². The molecule has 5 heteroatoms. The third-order valence-electron chi connectivity index (χ3n) is 2.36. The molecule has 72 valence electrons. The average Bonchev–Trinajstić information content (AvgIpc) is 2.01. The van der Waals surface area contributed by atoms with Crippen LogP contribution in [0, 0.1) is 0 Å². The highest BCUT2D eigenvalue weighted by Gasteiger charge is 2.40.